The van der Waals surface area contributed by atoms with Crippen molar-refractivity contribution in [1.82, 2.24) is 15.5 Å². The predicted octanol–water partition coefficient (Wildman–Crippen LogP) is 5.38. The van der Waals surface area contributed by atoms with Crippen molar-refractivity contribution in [2.75, 3.05) is 13.2 Å². The van der Waals surface area contributed by atoms with Gasteiger partial charge >= 0.3 is 12.1 Å². The Bertz CT molecular complexity index is 1410. The lowest BCUT2D eigenvalue weighted by atomic mass is 9.84. The molecule has 2 aromatic carbocycles. The first kappa shape index (κ1) is 37.4. The van der Waals surface area contributed by atoms with Gasteiger partial charge in [-0.15, -0.1) is 13.2 Å². The Kier molecular flexibility index (Phi) is 14.9. The maximum Gasteiger partial charge on any atom is 0.408 e. The molecule has 1 heterocycles. The summed E-state index contributed by atoms with van der Waals surface area (Å²) in [7, 11) is 0. The summed E-state index contributed by atoms with van der Waals surface area (Å²) in [4.78, 5) is 54.7. The summed E-state index contributed by atoms with van der Waals surface area (Å²) in [5.41, 5.74) is 2.96. The maximum absolute atomic E-state index is 13.8. The molecular weight excluding hydrogens is 622 g/mol. The maximum atomic E-state index is 13.8. The van der Waals surface area contributed by atoms with Gasteiger partial charge in [-0.2, -0.15) is 0 Å². The molecule has 0 bridgehead atoms. The number of alkyl carbamates (subject to hydrolysis) is 1. The minimum absolute atomic E-state index is 0.0388. The van der Waals surface area contributed by atoms with E-state index in [0.717, 1.165) is 42.4 Å². The topological polar surface area (TPSA) is 134 Å². The molecule has 1 aliphatic carbocycles. The van der Waals surface area contributed by atoms with Gasteiger partial charge in [-0.1, -0.05) is 98.9 Å². The zero-order valence-electron chi connectivity index (χ0n) is 28.4. The summed E-state index contributed by atoms with van der Waals surface area (Å²) in [6.45, 7) is 7.70. The number of ether oxygens (including phenoxy) is 2. The number of hydrogen-bond acceptors (Lipinski definition) is 7. The van der Waals surface area contributed by atoms with Crippen LogP contribution in [0.15, 0.2) is 79.9 Å². The largest absolute Gasteiger partial charge is 0.462 e. The molecule has 1 aliphatic heterocycles. The van der Waals surface area contributed by atoms with E-state index in [1.165, 1.54) is 12.5 Å². The number of hydrogen-bond donors (Lipinski definition) is 3. The number of fused-ring (bicyclic) bond motifs is 1. The number of carbonyl (C=O) groups is 4. The molecule has 10 heteroatoms. The lowest BCUT2D eigenvalue weighted by Gasteiger charge is -2.37. The molecule has 49 heavy (non-hydrogen) atoms. The van der Waals surface area contributed by atoms with E-state index < -0.39 is 30.1 Å². The Morgan fingerprint density at radius 1 is 0.898 bits per heavy atom. The fourth-order valence-corrected chi connectivity index (χ4v) is 6.74. The summed E-state index contributed by atoms with van der Waals surface area (Å²) in [5, 5.41) is 15.7. The molecule has 10 nitrogen and oxygen atoms in total. The van der Waals surface area contributed by atoms with Gasteiger partial charge in [0.25, 0.3) is 0 Å². The Hall–Kier alpha value is -4.44. The summed E-state index contributed by atoms with van der Waals surface area (Å²) in [5.74, 6) is -1.49. The minimum Gasteiger partial charge on any atom is -0.462 e. The van der Waals surface area contributed by atoms with Crippen LogP contribution in [0.1, 0.15) is 74.5 Å². The zero-order chi connectivity index (χ0) is 35.0. The molecule has 0 unspecified atom stereocenters. The van der Waals surface area contributed by atoms with Gasteiger partial charge in [0.05, 0.1) is 24.6 Å². The first-order valence-corrected chi connectivity index (χ1v) is 17.4. The van der Waals surface area contributed by atoms with E-state index in [2.05, 4.69) is 23.8 Å². The third-order valence-electron chi connectivity index (χ3n) is 9.44. The van der Waals surface area contributed by atoms with Crippen molar-refractivity contribution < 1.29 is 33.8 Å². The molecule has 1 saturated carbocycles. The lowest BCUT2D eigenvalue weighted by molar-refractivity contribution is -0.147. The van der Waals surface area contributed by atoms with E-state index in [1.807, 2.05) is 54.6 Å². The predicted molar refractivity (Wildman–Crippen MR) is 187 cm³/mol. The summed E-state index contributed by atoms with van der Waals surface area (Å²) in [6.07, 6.45) is 9.42. The number of rotatable bonds is 17. The van der Waals surface area contributed by atoms with E-state index in [0.29, 0.717) is 25.3 Å². The van der Waals surface area contributed by atoms with Crippen molar-refractivity contribution >= 4 is 23.9 Å². The van der Waals surface area contributed by atoms with Crippen LogP contribution in [0.2, 0.25) is 0 Å². The van der Waals surface area contributed by atoms with Crippen LogP contribution in [0.3, 0.4) is 0 Å². The Morgan fingerprint density at radius 2 is 1.59 bits per heavy atom. The van der Waals surface area contributed by atoms with Crippen molar-refractivity contribution in [1.29, 1.82) is 0 Å². The van der Waals surface area contributed by atoms with Crippen LogP contribution in [0.25, 0.3) is 0 Å². The van der Waals surface area contributed by atoms with E-state index in [-0.39, 0.29) is 56.9 Å². The van der Waals surface area contributed by atoms with Gasteiger partial charge < -0.3 is 30.1 Å². The lowest BCUT2D eigenvalue weighted by Crippen LogP contribution is -2.49. The fourth-order valence-electron chi connectivity index (χ4n) is 6.74. The van der Waals surface area contributed by atoms with Gasteiger partial charge in [-0.05, 0) is 48.3 Å². The van der Waals surface area contributed by atoms with Crippen LogP contribution in [0, 0.1) is 11.8 Å². The highest BCUT2D eigenvalue weighted by atomic mass is 16.6. The minimum atomic E-state index is -1.01. The number of aliphatic hydroxyl groups excluding tert-OH is 1. The van der Waals surface area contributed by atoms with Gasteiger partial charge in [0.1, 0.15) is 19.3 Å². The molecule has 0 saturated heterocycles. The van der Waals surface area contributed by atoms with E-state index in [9.17, 15) is 24.3 Å². The van der Waals surface area contributed by atoms with Crippen LogP contribution in [-0.2, 0) is 43.4 Å². The average Bonchev–Trinajstić information content (AvgIpc) is 3.12. The normalized spacial score (nSPS) is 17.8. The monoisotopic (exact) mass is 673 g/mol. The first-order chi connectivity index (χ1) is 23.8. The number of nitrogens with one attached hydrogen (secondary N) is 2. The molecule has 264 valence electrons. The van der Waals surface area contributed by atoms with Gasteiger partial charge in [-0.25, -0.2) is 9.59 Å². The number of aliphatic hydroxyl groups is 1. The van der Waals surface area contributed by atoms with Gasteiger partial charge in [-0.3, -0.25) is 9.59 Å². The molecule has 0 radical (unpaired) electrons. The van der Waals surface area contributed by atoms with Crippen molar-refractivity contribution in [3.63, 3.8) is 0 Å². The van der Waals surface area contributed by atoms with Gasteiger partial charge in [0, 0.05) is 13.0 Å². The average molecular weight is 674 g/mol. The number of allylic oxidation sites excluding steroid dienone is 1. The van der Waals surface area contributed by atoms with Crippen LogP contribution in [0.5, 0.6) is 0 Å². The second-order valence-electron chi connectivity index (χ2n) is 13.1. The van der Waals surface area contributed by atoms with E-state index >= 15 is 0 Å². The highest BCUT2D eigenvalue weighted by molar-refractivity contribution is 5.86. The van der Waals surface area contributed by atoms with Crippen molar-refractivity contribution in [2.24, 2.45) is 11.8 Å². The molecule has 0 aromatic heterocycles. The number of nitrogens with zero attached hydrogens (tertiary/aromatic N) is 1. The number of carbonyl (C=O) groups excluding carboxylic acids is 4. The third-order valence-corrected chi connectivity index (χ3v) is 9.44. The second-order valence-corrected chi connectivity index (χ2v) is 13.1. The molecule has 4 rings (SSSR count). The van der Waals surface area contributed by atoms with Gasteiger partial charge in [0.15, 0.2) is 0 Å². The number of amides is 3. The molecule has 3 N–H and O–H groups in total. The quantitative estimate of drug-likeness (QED) is 0.152. The van der Waals surface area contributed by atoms with E-state index in [1.54, 1.807) is 11.0 Å². The van der Waals surface area contributed by atoms with Crippen LogP contribution >= 0.6 is 0 Å². The SMILES string of the molecule is C=CC[C@H](CC(=O)N1Cc2ccccc2C[C@H]1CO)C(=O)N[C@H](COC(=O)[C@@H](CC=C)NC(=O)OCc1ccccc1)CC1CCCCC1. The molecule has 4 atom stereocenters. The number of benzene rings is 2. The van der Waals surface area contributed by atoms with Crippen molar-refractivity contribution in [3.8, 4) is 0 Å². The Balaban J connectivity index is 1.38. The molecule has 3 amide bonds. The highest BCUT2D eigenvalue weighted by Gasteiger charge is 2.33. The molecular formula is C39H51N3O7. The molecule has 2 aliphatic rings. The smallest absolute Gasteiger partial charge is 0.408 e. The Morgan fingerprint density at radius 3 is 2.29 bits per heavy atom. The highest BCUT2D eigenvalue weighted by Crippen LogP contribution is 2.28. The zero-order valence-corrected chi connectivity index (χ0v) is 28.4. The Labute approximate surface area is 289 Å². The van der Waals surface area contributed by atoms with Crippen LogP contribution in [0.4, 0.5) is 4.79 Å². The second kappa shape index (κ2) is 19.5. The van der Waals surface area contributed by atoms with E-state index in [4.69, 9.17) is 9.47 Å². The van der Waals surface area contributed by atoms with Crippen LogP contribution in [-0.4, -0.2) is 65.2 Å². The summed E-state index contributed by atoms with van der Waals surface area (Å²) in [6, 6.07) is 15.2. The fraction of sp³-hybridized carbons (Fsp3) is 0.487. The third kappa shape index (κ3) is 11.6. The van der Waals surface area contributed by atoms with Gasteiger partial charge in [0.2, 0.25) is 11.8 Å². The molecule has 2 aromatic rings. The first-order valence-electron chi connectivity index (χ1n) is 17.4. The molecule has 0 spiro atoms. The number of esters is 1. The molecule has 1 fully saturated rings. The van der Waals surface area contributed by atoms with Crippen LogP contribution < -0.4 is 10.6 Å². The van der Waals surface area contributed by atoms with Crippen molar-refractivity contribution in [2.45, 2.75) is 95.5 Å². The summed E-state index contributed by atoms with van der Waals surface area (Å²) >= 11 is 0. The summed E-state index contributed by atoms with van der Waals surface area (Å²) < 4.78 is 11.0. The standard InChI is InChI=1S/C39H51N3O7/c1-3-13-31(23-36(44)42-24-32-20-12-11-19-30(32)22-34(42)25-43)37(45)40-33(21-28-15-7-5-8-16-28)27-48-38(46)35(14-4-2)41-39(47)49-26-29-17-9-6-10-18-29/h3-4,6,9-12,17-20,28,31,33-35,43H,1-2,5,7-8,13-16,21-27H2,(H,40,45)(H,41,47)/t31-,33+,34+,35-/m1/s1. The van der Waals surface area contributed by atoms with Crippen molar-refractivity contribution in [3.05, 3.63) is 96.6 Å².